The van der Waals surface area contributed by atoms with Crippen molar-refractivity contribution in [2.24, 2.45) is 0 Å². The van der Waals surface area contributed by atoms with E-state index in [1.807, 2.05) is 65.7 Å². The number of benzene rings is 2. The number of rotatable bonds is 2. The van der Waals surface area contributed by atoms with Gasteiger partial charge in [-0.2, -0.15) is 0 Å². The monoisotopic (exact) mass is 273 g/mol. The van der Waals surface area contributed by atoms with E-state index >= 15 is 0 Å². The maximum atomic E-state index is 12.6. The summed E-state index contributed by atoms with van der Waals surface area (Å²) < 4.78 is 0. The molecule has 21 heavy (non-hydrogen) atoms. The van der Waals surface area contributed by atoms with Crippen molar-refractivity contribution >= 4 is 12.0 Å². The lowest BCUT2D eigenvalue weighted by Crippen LogP contribution is -2.41. The van der Waals surface area contributed by atoms with Crippen molar-refractivity contribution < 1.29 is 4.79 Å². The molecule has 2 heteroatoms. The van der Waals surface area contributed by atoms with Gasteiger partial charge in [0.15, 0.2) is 0 Å². The van der Waals surface area contributed by atoms with E-state index in [1.165, 1.54) is 5.56 Å². The van der Waals surface area contributed by atoms with Gasteiger partial charge in [-0.3, -0.25) is 4.79 Å². The van der Waals surface area contributed by atoms with Crippen molar-refractivity contribution in [3.8, 4) is 0 Å². The SMILES string of the molecule is O=C1C2C=CC(c3ccccc32)N1C=Cc1ccccc1. The van der Waals surface area contributed by atoms with E-state index in [2.05, 4.69) is 18.2 Å². The molecule has 0 fully saturated rings. The normalized spacial score (nSPS) is 22.9. The Morgan fingerprint density at radius 3 is 2.38 bits per heavy atom. The van der Waals surface area contributed by atoms with Crippen LogP contribution in [0.3, 0.4) is 0 Å². The minimum absolute atomic E-state index is 0.0265. The zero-order valence-corrected chi connectivity index (χ0v) is 11.5. The van der Waals surface area contributed by atoms with Crippen LogP contribution in [0.1, 0.15) is 28.7 Å². The highest BCUT2D eigenvalue weighted by Crippen LogP contribution is 2.43. The van der Waals surface area contributed by atoms with Crippen molar-refractivity contribution in [1.82, 2.24) is 4.90 Å². The van der Waals surface area contributed by atoms with Crippen molar-refractivity contribution in [2.45, 2.75) is 12.0 Å². The zero-order chi connectivity index (χ0) is 14.2. The lowest BCUT2D eigenvalue weighted by atomic mass is 9.79. The third-order valence-corrected chi connectivity index (χ3v) is 4.18. The van der Waals surface area contributed by atoms with E-state index in [-0.39, 0.29) is 17.9 Å². The predicted molar refractivity (Wildman–Crippen MR) is 83.4 cm³/mol. The highest BCUT2D eigenvalue weighted by molar-refractivity contribution is 5.91. The Bertz CT molecular complexity index is 745. The van der Waals surface area contributed by atoms with Gasteiger partial charge in [-0.05, 0) is 22.8 Å². The van der Waals surface area contributed by atoms with Gasteiger partial charge < -0.3 is 4.90 Å². The summed E-state index contributed by atoms with van der Waals surface area (Å²) in [4.78, 5) is 14.4. The standard InChI is InChI=1S/C19H15NO/c21-19-17-10-11-18(16-9-5-4-8-15(16)17)20(19)13-12-14-6-2-1-3-7-14/h1-13,17-18H. The molecular formula is C19H15NO. The van der Waals surface area contributed by atoms with Gasteiger partial charge in [0.2, 0.25) is 5.91 Å². The molecule has 2 atom stereocenters. The Morgan fingerprint density at radius 1 is 0.857 bits per heavy atom. The van der Waals surface area contributed by atoms with Gasteiger partial charge in [-0.15, -0.1) is 0 Å². The summed E-state index contributed by atoms with van der Waals surface area (Å²) in [5.74, 6) is 0.0278. The second-order valence-corrected chi connectivity index (χ2v) is 5.41. The molecule has 5 rings (SSSR count). The van der Waals surface area contributed by atoms with E-state index in [0.29, 0.717) is 0 Å². The summed E-state index contributed by atoms with van der Waals surface area (Å²) >= 11 is 0. The molecule has 2 aliphatic heterocycles. The number of nitrogens with zero attached hydrogens (tertiary/aromatic N) is 1. The van der Waals surface area contributed by atoms with Gasteiger partial charge in [0.05, 0.1) is 12.0 Å². The van der Waals surface area contributed by atoms with Gasteiger partial charge >= 0.3 is 0 Å². The van der Waals surface area contributed by atoms with Crippen LogP contribution in [0.2, 0.25) is 0 Å². The van der Waals surface area contributed by atoms with E-state index in [9.17, 15) is 4.79 Å². The number of fused-ring (bicyclic) bond motifs is 1. The summed E-state index contributed by atoms with van der Waals surface area (Å²) in [7, 11) is 0. The molecule has 0 radical (unpaired) electrons. The Kier molecular flexibility index (Phi) is 2.74. The number of carbonyl (C=O) groups is 1. The van der Waals surface area contributed by atoms with Crippen LogP contribution in [0.25, 0.3) is 6.08 Å². The highest BCUT2D eigenvalue weighted by atomic mass is 16.2. The fourth-order valence-electron chi connectivity index (χ4n) is 3.14. The number of carbonyl (C=O) groups excluding carboxylic acids is 1. The predicted octanol–water partition coefficient (Wildman–Crippen LogP) is 3.89. The molecule has 0 saturated heterocycles. The first-order valence-corrected chi connectivity index (χ1v) is 7.17. The third kappa shape index (κ3) is 1.91. The van der Waals surface area contributed by atoms with Crippen LogP contribution in [0, 0.1) is 0 Å². The lowest BCUT2D eigenvalue weighted by molar-refractivity contribution is -0.132. The average Bonchev–Trinajstić information content (AvgIpc) is 2.55. The van der Waals surface area contributed by atoms with Gasteiger partial charge in [0.25, 0.3) is 0 Å². The van der Waals surface area contributed by atoms with Crippen LogP contribution in [-0.4, -0.2) is 10.8 Å². The van der Waals surface area contributed by atoms with Crippen LogP contribution in [0.4, 0.5) is 0 Å². The van der Waals surface area contributed by atoms with Gasteiger partial charge in [-0.1, -0.05) is 66.7 Å². The Balaban J connectivity index is 1.71. The molecule has 0 aromatic heterocycles. The van der Waals surface area contributed by atoms with Crippen LogP contribution in [-0.2, 0) is 4.79 Å². The molecule has 0 saturated carbocycles. The molecule has 1 amide bonds. The van der Waals surface area contributed by atoms with E-state index in [1.54, 1.807) is 0 Å². The molecule has 2 unspecified atom stereocenters. The summed E-state index contributed by atoms with van der Waals surface area (Å²) in [6, 6.07) is 18.3. The summed E-state index contributed by atoms with van der Waals surface area (Å²) in [6.07, 6.45) is 8.07. The molecule has 2 bridgehead atoms. The van der Waals surface area contributed by atoms with Crippen molar-refractivity contribution in [3.05, 3.63) is 89.6 Å². The molecule has 0 N–H and O–H groups in total. The van der Waals surface area contributed by atoms with Crippen molar-refractivity contribution in [3.63, 3.8) is 0 Å². The smallest absolute Gasteiger partial charge is 0.238 e. The van der Waals surface area contributed by atoms with E-state index in [0.717, 1.165) is 11.1 Å². The minimum atomic E-state index is -0.133. The van der Waals surface area contributed by atoms with E-state index < -0.39 is 0 Å². The minimum Gasteiger partial charge on any atom is -0.307 e. The van der Waals surface area contributed by atoms with Gasteiger partial charge in [-0.25, -0.2) is 0 Å². The number of hydrogen-bond donors (Lipinski definition) is 0. The largest absolute Gasteiger partial charge is 0.307 e. The molecule has 2 heterocycles. The van der Waals surface area contributed by atoms with Crippen LogP contribution >= 0.6 is 0 Å². The first kappa shape index (κ1) is 12.2. The Labute approximate surface area is 124 Å². The first-order chi connectivity index (χ1) is 10.3. The first-order valence-electron chi connectivity index (χ1n) is 7.17. The quantitative estimate of drug-likeness (QED) is 0.760. The highest BCUT2D eigenvalue weighted by Gasteiger charge is 2.39. The molecule has 102 valence electrons. The van der Waals surface area contributed by atoms with Crippen LogP contribution < -0.4 is 0 Å². The molecule has 1 aliphatic carbocycles. The number of hydrogen-bond acceptors (Lipinski definition) is 1. The second-order valence-electron chi connectivity index (χ2n) is 5.41. The lowest BCUT2D eigenvalue weighted by Gasteiger charge is -2.40. The van der Waals surface area contributed by atoms with E-state index in [4.69, 9.17) is 0 Å². The topological polar surface area (TPSA) is 20.3 Å². The fraction of sp³-hybridized carbons (Fsp3) is 0.105. The average molecular weight is 273 g/mol. The molecular weight excluding hydrogens is 258 g/mol. The fourth-order valence-corrected chi connectivity index (χ4v) is 3.14. The maximum Gasteiger partial charge on any atom is 0.238 e. The van der Waals surface area contributed by atoms with Crippen LogP contribution in [0.5, 0.6) is 0 Å². The Hall–Kier alpha value is -2.61. The van der Waals surface area contributed by atoms with Gasteiger partial charge in [0, 0.05) is 6.20 Å². The molecule has 2 aromatic carbocycles. The van der Waals surface area contributed by atoms with Gasteiger partial charge in [0.1, 0.15) is 0 Å². The third-order valence-electron chi connectivity index (χ3n) is 4.18. The molecule has 2 aromatic rings. The van der Waals surface area contributed by atoms with Crippen LogP contribution in [0.15, 0.2) is 72.9 Å². The van der Waals surface area contributed by atoms with Crippen molar-refractivity contribution in [1.29, 1.82) is 0 Å². The Morgan fingerprint density at radius 2 is 1.57 bits per heavy atom. The summed E-state index contributed by atoms with van der Waals surface area (Å²) in [6.45, 7) is 0. The molecule has 3 aliphatic rings. The zero-order valence-electron chi connectivity index (χ0n) is 11.5. The summed E-state index contributed by atoms with van der Waals surface area (Å²) in [5.41, 5.74) is 3.49. The number of amides is 1. The molecule has 0 spiro atoms. The molecule has 2 nitrogen and oxygen atoms in total. The summed E-state index contributed by atoms with van der Waals surface area (Å²) in [5, 5.41) is 0. The van der Waals surface area contributed by atoms with Crippen molar-refractivity contribution in [2.75, 3.05) is 0 Å². The second kappa shape index (κ2) is 4.74. The maximum absolute atomic E-state index is 12.6.